The van der Waals surface area contributed by atoms with E-state index < -0.39 is 0 Å². The highest BCUT2D eigenvalue weighted by Gasteiger charge is 2.28. The molecule has 1 unspecified atom stereocenters. The predicted octanol–water partition coefficient (Wildman–Crippen LogP) is 6.22. The quantitative estimate of drug-likeness (QED) is 0.509. The molecule has 0 amide bonds. The first-order valence-corrected chi connectivity index (χ1v) is 10.1. The minimum absolute atomic E-state index is 0.188. The Hall–Kier alpha value is -2.68. The van der Waals surface area contributed by atoms with Gasteiger partial charge in [0, 0.05) is 48.6 Å². The molecule has 0 aliphatic carbocycles. The molecule has 0 aliphatic rings. The van der Waals surface area contributed by atoms with Gasteiger partial charge < -0.3 is 15.3 Å². The van der Waals surface area contributed by atoms with Gasteiger partial charge in [-0.1, -0.05) is 50.8 Å². The highest BCUT2D eigenvalue weighted by atomic mass is 16.3. The van der Waals surface area contributed by atoms with Crippen LogP contribution in [0, 0.1) is 0 Å². The van der Waals surface area contributed by atoms with E-state index in [0.717, 1.165) is 42.0 Å². The van der Waals surface area contributed by atoms with Crippen LogP contribution in [-0.4, -0.2) is 25.2 Å². The van der Waals surface area contributed by atoms with E-state index in [4.69, 9.17) is 0 Å². The first kappa shape index (κ1) is 21.6. The van der Waals surface area contributed by atoms with E-state index in [0.29, 0.717) is 5.75 Å². The lowest BCUT2D eigenvalue weighted by atomic mass is 9.73. The zero-order valence-corrected chi connectivity index (χ0v) is 17.9. The summed E-state index contributed by atoms with van der Waals surface area (Å²) in [4.78, 5) is 2.22. The first-order chi connectivity index (χ1) is 13.4. The van der Waals surface area contributed by atoms with Gasteiger partial charge in [0.25, 0.3) is 0 Å². The van der Waals surface area contributed by atoms with Crippen molar-refractivity contribution in [2.24, 2.45) is 0 Å². The van der Waals surface area contributed by atoms with E-state index in [-0.39, 0.29) is 5.41 Å². The molecule has 0 fully saturated rings. The third kappa shape index (κ3) is 4.41. The summed E-state index contributed by atoms with van der Waals surface area (Å²) in [5, 5.41) is 13.8. The molecule has 0 aromatic heterocycles. The number of anilines is 2. The molecule has 0 saturated carbocycles. The zero-order valence-electron chi connectivity index (χ0n) is 17.9. The summed E-state index contributed by atoms with van der Waals surface area (Å²) in [6.45, 7) is 14.8. The maximum Gasteiger partial charge on any atom is 0.124 e. The van der Waals surface area contributed by atoms with Crippen molar-refractivity contribution in [3.05, 3.63) is 71.8 Å². The van der Waals surface area contributed by atoms with Crippen LogP contribution in [0.25, 0.3) is 6.08 Å². The molecule has 2 aromatic rings. The Kier molecular flexibility index (Phi) is 7.33. The van der Waals surface area contributed by atoms with E-state index in [9.17, 15) is 5.11 Å². The van der Waals surface area contributed by atoms with Gasteiger partial charge in [0.2, 0.25) is 0 Å². The summed E-state index contributed by atoms with van der Waals surface area (Å²) < 4.78 is 0. The van der Waals surface area contributed by atoms with Gasteiger partial charge in [-0.25, -0.2) is 0 Å². The number of phenolic OH excluding ortho intramolecular Hbond substituents is 1. The molecule has 0 aliphatic heterocycles. The molecule has 2 rings (SSSR count). The van der Waals surface area contributed by atoms with Crippen molar-refractivity contribution in [3.8, 4) is 5.75 Å². The Labute approximate surface area is 170 Å². The van der Waals surface area contributed by atoms with Crippen LogP contribution in [0.4, 0.5) is 11.4 Å². The molecule has 150 valence electrons. The number of rotatable bonds is 9. The fourth-order valence-electron chi connectivity index (χ4n) is 3.61. The number of phenols is 1. The van der Waals surface area contributed by atoms with E-state index in [1.165, 1.54) is 5.56 Å². The third-order valence-electron chi connectivity index (χ3n) is 5.81. The molecule has 3 heteroatoms. The van der Waals surface area contributed by atoms with Gasteiger partial charge in [-0.05, 0) is 49.6 Å². The van der Waals surface area contributed by atoms with Crippen molar-refractivity contribution in [1.29, 1.82) is 0 Å². The second kappa shape index (κ2) is 9.50. The lowest BCUT2D eigenvalue weighted by molar-refractivity contribution is 0.474. The number of allylic oxidation sites excluding steroid dienone is 2. The molecule has 0 radical (unpaired) electrons. The summed E-state index contributed by atoms with van der Waals surface area (Å²) in [6, 6.07) is 14.2. The fourth-order valence-corrected chi connectivity index (χ4v) is 3.61. The van der Waals surface area contributed by atoms with Crippen LogP contribution >= 0.6 is 0 Å². The largest absolute Gasteiger partial charge is 0.507 e. The van der Waals surface area contributed by atoms with E-state index in [2.05, 4.69) is 68.8 Å². The summed E-state index contributed by atoms with van der Waals surface area (Å²) in [5.74, 6) is 0.294. The molecular formula is C25H34N2O. The smallest absolute Gasteiger partial charge is 0.124 e. The lowest BCUT2D eigenvalue weighted by Gasteiger charge is -2.32. The van der Waals surface area contributed by atoms with Gasteiger partial charge in [0.1, 0.15) is 5.75 Å². The molecule has 0 saturated heterocycles. The Balaban J connectivity index is 2.31. The average molecular weight is 379 g/mol. The molecule has 0 spiro atoms. The van der Waals surface area contributed by atoms with Crippen LogP contribution in [0.15, 0.2) is 60.7 Å². The molecule has 1 atom stereocenters. The van der Waals surface area contributed by atoms with Crippen LogP contribution in [0.2, 0.25) is 0 Å². The summed E-state index contributed by atoms with van der Waals surface area (Å²) in [5.41, 5.74) is 5.03. The predicted molar refractivity (Wildman–Crippen MR) is 123 cm³/mol. The van der Waals surface area contributed by atoms with Crippen molar-refractivity contribution in [1.82, 2.24) is 0 Å². The number of para-hydroxylation sites is 1. The minimum atomic E-state index is -0.188. The van der Waals surface area contributed by atoms with Crippen LogP contribution in [0.5, 0.6) is 5.75 Å². The van der Waals surface area contributed by atoms with Gasteiger partial charge in [0.05, 0.1) is 0 Å². The van der Waals surface area contributed by atoms with Crippen LogP contribution in [0.1, 0.15) is 45.2 Å². The van der Waals surface area contributed by atoms with Gasteiger partial charge in [0.15, 0.2) is 0 Å². The molecule has 3 nitrogen and oxygen atoms in total. The standard InChI is InChI=1S/C25H34N2O/c1-7-25(5,22-12-10-11-13-23(22)26-6)19(4)14-15-20-16-17-21(18-24(20)28)27(8-2)9-3/h10-18,26,28H,4,7-9H2,1-3,5-6H3/b15-14+. The van der Waals surface area contributed by atoms with Crippen LogP contribution in [-0.2, 0) is 5.41 Å². The van der Waals surface area contributed by atoms with Crippen LogP contribution < -0.4 is 10.2 Å². The maximum absolute atomic E-state index is 10.5. The van der Waals surface area contributed by atoms with Gasteiger partial charge in [-0.3, -0.25) is 0 Å². The number of hydrogen-bond acceptors (Lipinski definition) is 3. The SMILES string of the molecule is C=C(/C=C/c1ccc(N(CC)CC)cc1O)C(C)(CC)c1ccccc1NC. The second-order valence-electron chi connectivity index (χ2n) is 7.26. The normalized spacial score (nSPS) is 13.3. The third-order valence-corrected chi connectivity index (χ3v) is 5.81. The molecular weight excluding hydrogens is 344 g/mol. The Bertz CT molecular complexity index is 836. The number of nitrogens with zero attached hydrogens (tertiary/aromatic N) is 1. The van der Waals surface area contributed by atoms with E-state index in [1.807, 2.05) is 37.4 Å². The average Bonchev–Trinajstić information content (AvgIpc) is 2.73. The van der Waals surface area contributed by atoms with Crippen molar-refractivity contribution in [2.45, 2.75) is 39.5 Å². The van der Waals surface area contributed by atoms with E-state index >= 15 is 0 Å². The van der Waals surface area contributed by atoms with Crippen molar-refractivity contribution >= 4 is 17.5 Å². The Morgan fingerprint density at radius 3 is 2.39 bits per heavy atom. The van der Waals surface area contributed by atoms with E-state index in [1.54, 1.807) is 0 Å². The molecule has 2 N–H and O–H groups in total. The Morgan fingerprint density at radius 2 is 1.82 bits per heavy atom. The number of hydrogen-bond donors (Lipinski definition) is 2. The Morgan fingerprint density at radius 1 is 1.14 bits per heavy atom. The van der Waals surface area contributed by atoms with Crippen molar-refractivity contribution in [3.63, 3.8) is 0 Å². The molecule has 0 heterocycles. The highest BCUT2D eigenvalue weighted by molar-refractivity contribution is 5.66. The van der Waals surface area contributed by atoms with Gasteiger partial charge >= 0.3 is 0 Å². The zero-order chi connectivity index (χ0) is 20.7. The van der Waals surface area contributed by atoms with Crippen LogP contribution in [0.3, 0.4) is 0 Å². The molecule has 2 aromatic carbocycles. The second-order valence-corrected chi connectivity index (χ2v) is 7.26. The number of nitrogens with one attached hydrogen (secondary N) is 1. The summed E-state index contributed by atoms with van der Waals surface area (Å²) in [7, 11) is 1.95. The molecule has 28 heavy (non-hydrogen) atoms. The van der Waals surface area contributed by atoms with Gasteiger partial charge in [-0.15, -0.1) is 0 Å². The number of aromatic hydroxyl groups is 1. The first-order valence-electron chi connectivity index (χ1n) is 10.1. The fraction of sp³-hybridized carbons (Fsp3) is 0.360. The summed E-state index contributed by atoms with van der Waals surface area (Å²) >= 11 is 0. The lowest BCUT2D eigenvalue weighted by Crippen LogP contribution is -2.23. The monoisotopic (exact) mass is 378 g/mol. The molecule has 0 bridgehead atoms. The van der Waals surface area contributed by atoms with Crippen molar-refractivity contribution in [2.75, 3.05) is 30.4 Å². The maximum atomic E-state index is 10.5. The highest BCUT2D eigenvalue weighted by Crippen LogP contribution is 2.39. The topological polar surface area (TPSA) is 35.5 Å². The number of benzene rings is 2. The van der Waals surface area contributed by atoms with Crippen molar-refractivity contribution < 1.29 is 5.11 Å². The minimum Gasteiger partial charge on any atom is -0.507 e. The summed E-state index contributed by atoms with van der Waals surface area (Å²) in [6.07, 6.45) is 4.92. The van der Waals surface area contributed by atoms with Gasteiger partial charge in [-0.2, -0.15) is 0 Å².